The van der Waals surface area contributed by atoms with Gasteiger partial charge in [0.15, 0.2) is 0 Å². The van der Waals surface area contributed by atoms with Gasteiger partial charge in [-0.3, -0.25) is 0 Å². The van der Waals surface area contributed by atoms with Gasteiger partial charge in [-0.05, 0) is 39.3 Å². The van der Waals surface area contributed by atoms with E-state index in [9.17, 15) is 9.59 Å². The SMILES string of the molecule is CCOC(=O)C1=C(C)NC(C)=C(C(=O)OCC)C1c1cccc(-c2nc(-c3ccccc3)cs2)c1. The molecule has 0 bridgehead atoms. The minimum Gasteiger partial charge on any atom is -0.463 e. The molecule has 0 saturated carbocycles. The van der Waals surface area contributed by atoms with Gasteiger partial charge in [-0.2, -0.15) is 0 Å². The lowest BCUT2D eigenvalue weighted by Gasteiger charge is -2.30. The van der Waals surface area contributed by atoms with Crippen molar-refractivity contribution in [2.24, 2.45) is 0 Å². The van der Waals surface area contributed by atoms with E-state index in [1.54, 1.807) is 25.2 Å². The highest BCUT2D eigenvalue weighted by Gasteiger charge is 2.38. The van der Waals surface area contributed by atoms with Gasteiger partial charge in [-0.15, -0.1) is 11.3 Å². The van der Waals surface area contributed by atoms with Crippen LogP contribution in [0.1, 0.15) is 39.2 Å². The van der Waals surface area contributed by atoms with Gasteiger partial charge < -0.3 is 14.8 Å². The molecular formula is C28H28N2O4S. The third kappa shape index (κ3) is 5.05. The number of carbonyl (C=O) groups is 2. The molecule has 7 heteroatoms. The van der Waals surface area contributed by atoms with Crippen LogP contribution in [0, 0.1) is 0 Å². The molecule has 2 heterocycles. The maximum absolute atomic E-state index is 13.0. The smallest absolute Gasteiger partial charge is 0.336 e. The molecule has 3 aromatic rings. The summed E-state index contributed by atoms with van der Waals surface area (Å²) in [5.74, 6) is -1.53. The molecule has 1 aromatic heterocycles. The summed E-state index contributed by atoms with van der Waals surface area (Å²) < 4.78 is 10.7. The van der Waals surface area contributed by atoms with E-state index in [0.29, 0.717) is 22.5 Å². The molecule has 0 saturated heterocycles. The number of aromatic nitrogens is 1. The Hall–Kier alpha value is -3.71. The van der Waals surface area contributed by atoms with Gasteiger partial charge in [-0.1, -0.05) is 48.5 Å². The van der Waals surface area contributed by atoms with E-state index in [4.69, 9.17) is 14.5 Å². The number of nitrogens with zero attached hydrogens (tertiary/aromatic N) is 1. The Labute approximate surface area is 209 Å². The van der Waals surface area contributed by atoms with Crippen LogP contribution in [0.15, 0.2) is 82.5 Å². The number of esters is 2. The summed E-state index contributed by atoms with van der Waals surface area (Å²) in [6.07, 6.45) is 0. The van der Waals surface area contributed by atoms with E-state index in [-0.39, 0.29) is 13.2 Å². The third-order valence-electron chi connectivity index (χ3n) is 5.79. The number of nitrogens with one attached hydrogen (secondary N) is 1. The minimum absolute atomic E-state index is 0.237. The first kappa shape index (κ1) is 24.4. The zero-order valence-corrected chi connectivity index (χ0v) is 21.1. The third-order valence-corrected chi connectivity index (χ3v) is 6.68. The molecule has 0 spiro atoms. The fraction of sp³-hybridized carbons (Fsp3) is 0.250. The molecule has 0 radical (unpaired) electrons. The summed E-state index contributed by atoms with van der Waals surface area (Å²) in [6.45, 7) is 7.64. The van der Waals surface area contributed by atoms with Crippen molar-refractivity contribution in [1.29, 1.82) is 0 Å². The number of benzene rings is 2. The van der Waals surface area contributed by atoms with Crippen LogP contribution in [0.2, 0.25) is 0 Å². The zero-order chi connectivity index (χ0) is 24.9. The topological polar surface area (TPSA) is 77.5 Å². The van der Waals surface area contributed by atoms with Crippen LogP contribution in [0.4, 0.5) is 0 Å². The van der Waals surface area contributed by atoms with Crippen molar-refractivity contribution in [1.82, 2.24) is 10.3 Å². The molecule has 0 atom stereocenters. The lowest BCUT2D eigenvalue weighted by atomic mass is 9.80. The van der Waals surface area contributed by atoms with Crippen molar-refractivity contribution in [3.8, 4) is 21.8 Å². The molecule has 0 fully saturated rings. The van der Waals surface area contributed by atoms with Gasteiger partial charge in [0.25, 0.3) is 0 Å². The first-order valence-corrected chi connectivity index (χ1v) is 12.5. The van der Waals surface area contributed by atoms with E-state index in [0.717, 1.165) is 27.4 Å². The lowest BCUT2D eigenvalue weighted by molar-refractivity contribution is -0.139. The summed E-state index contributed by atoms with van der Waals surface area (Å²) >= 11 is 1.55. The number of ether oxygens (including phenoxy) is 2. The zero-order valence-electron chi connectivity index (χ0n) is 20.3. The predicted octanol–water partition coefficient (Wildman–Crippen LogP) is 5.84. The molecule has 0 amide bonds. The van der Waals surface area contributed by atoms with Gasteiger partial charge in [0, 0.05) is 27.9 Å². The van der Waals surface area contributed by atoms with Crippen LogP contribution in [-0.2, 0) is 19.1 Å². The Bertz CT molecular complexity index is 1270. The maximum atomic E-state index is 13.0. The molecule has 1 N–H and O–H groups in total. The highest BCUT2D eigenvalue weighted by atomic mass is 32.1. The average molecular weight is 489 g/mol. The Kier molecular flexibility index (Phi) is 7.46. The number of rotatable bonds is 7. The fourth-order valence-electron chi connectivity index (χ4n) is 4.29. The van der Waals surface area contributed by atoms with Crippen molar-refractivity contribution in [2.45, 2.75) is 33.6 Å². The second kappa shape index (κ2) is 10.7. The second-order valence-electron chi connectivity index (χ2n) is 8.11. The average Bonchev–Trinajstić information content (AvgIpc) is 3.35. The Balaban J connectivity index is 1.80. The number of allylic oxidation sites excluding steroid dienone is 2. The molecule has 4 rings (SSSR count). The highest BCUT2D eigenvalue weighted by molar-refractivity contribution is 7.13. The van der Waals surface area contributed by atoms with E-state index in [2.05, 4.69) is 5.32 Å². The minimum atomic E-state index is -0.622. The van der Waals surface area contributed by atoms with Gasteiger partial charge >= 0.3 is 11.9 Å². The van der Waals surface area contributed by atoms with E-state index >= 15 is 0 Å². The monoisotopic (exact) mass is 488 g/mol. The van der Waals surface area contributed by atoms with Crippen LogP contribution >= 0.6 is 11.3 Å². The Morgan fingerprint density at radius 2 is 1.49 bits per heavy atom. The summed E-state index contributed by atoms with van der Waals surface area (Å²) in [7, 11) is 0. The quantitative estimate of drug-likeness (QED) is 0.421. The molecule has 1 aliphatic heterocycles. The van der Waals surface area contributed by atoms with Crippen molar-refractivity contribution in [3.63, 3.8) is 0 Å². The van der Waals surface area contributed by atoms with Crippen molar-refractivity contribution >= 4 is 23.3 Å². The summed E-state index contributed by atoms with van der Waals surface area (Å²) in [4.78, 5) is 30.9. The van der Waals surface area contributed by atoms with Gasteiger partial charge in [0.05, 0.1) is 36.0 Å². The van der Waals surface area contributed by atoms with E-state index in [1.807, 2.05) is 73.8 Å². The van der Waals surface area contributed by atoms with Crippen LogP contribution in [0.5, 0.6) is 0 Å². The maximum Gasteiger partial charge on any atom is 0.336 e. The van der Waals surface area contributed by atoms with Gasteiger partial charge in [0.2, 0.25) is 0 Å². The van der Waals surface area contributed by atoms with Crippen molar-refractivity contribution in [2.75, 3.05) is 13.2 Å². The van der Waals surface area contributed by atoms with Gasteiger partial charge in [-0.25, -0.2) is 14.6 Å². The van der Waals surface area contributed by atoms with Gasteiger partial charge in [0.1, 0.15) is 5.01 Å². The predicted molar refractivity (Wildman–Crippen MR) is 138 cm³/mol. The molecule has 2 aromatic carbocycles. The number of dihydropyridines is 1. The molecule has 6 nitrogen and oxygen atoms in total. The Morgan fingerprint density at radius 3 is 2.09 bits per heavy atom. The standard InChI is InChI=1S/C28H28N2O4S/c1-5-33-27(31)23-17(3)29-18(4)24(28(32)34-6-2)25(23)20-13-10-14-21(15-20)26-30-22(16-35-26)19-11-8-7-9-12-19/h7-16,25,29H,5-6H2,1-4H3. The summed E-state index contributed by atoms with van der Waals surface area (Å²) in [5, 5.41) is 6.06. The van der Waals surface area contributed by atoms with Crippen molar-refractivity contribution < 1.29 is 19.1 Å². The number of carbonyl (C=O) groups excluding carboxylic acids is 2. The number of hydrogen-bond donors (Lipinski definition) is 1. The molecule has 0 aliphatic carbocycles. The molecule has 1 aliphatic rings. The second-order valence-corrected chi connectivity index (χ2v) is 8.96. The van der Waals surface area contributed by atoms with Crippen molar-refractivity contribution in [3.05, 3.63) is 88.1 Å². The largest absolute Gasteiger partial charge is 0.463 e. The van der Waals surface area contributed by atoms with Crippen LogP contribution in [-0.4, -0.2) is 30.1 Å². The van der Waals surface area contributed by atoms with E-state index < -0.39 is 17.9 Å². The summed E-state index contributed by atoms with van der Waals surface area (Å²) in [6, 6.07) is 17.8. The molecule has 0 unspecified atom stereocenters. The van der Waals surface area contributed by atoms with E-state index in [1.165, 1.54) is 0 Å². The summed E-state index contributed by atoms with van der Waals surface area (Å²) in [5.41, 5.74) is 5.79. The molecule has 180 valence electrons. The fourth-order valence-corrected chi connectivity index (χ4v) is 5.11. The first-order valence-electron chi connectivity index (χ1n) is 11.6. The van der Waals surface area contributed by atoms with Crippen LogP contribution in [0.25, 0.3) is 21.8 Å². The number of hydrogen-bond acceptors (Lipinski definition) is 7. The van der Waals surface area contributed by atoms with Crippen LogP contribution < -0.4 is 5.32 Å². The highest BCUT2D eigenvalue weighted by Crippen LogP contribution is 2.41. The molecule has 35 heavy (non-hydrogen) atoms. The van der Waals surface area contributed by atoms with Crippen LogP contribution in [0.3, 0.4) is 0 Å². The lowest BCUT2D eigenvalue weighted by Crippen LogP contribution is -2.32. The Morgan fingerprint density at radius 1 is 0.886 bits per heavy atom. The molecular weight excluding hydrogens is 460 g/mol. The normalized spacial score (nSPS) is 14.1. The number of thiazole rings is 1. The first-order chi connectivity index (χ1) is 16.9.